The van der Waals surface area contributed by atoms with Crippen molar-refractivity contribution in [3.8, 4) is 0 Å². The molecule has 11 heteroatoms. The maximum absolute atomic E-state index is 11.7. The predicted octanol–water partition coefficient (Wildman–Crippen LogP) is 2.73. The molecule has 0 heterocycles. The van der Waals surface area contributed by atoms with E-state index >= 15 is 0 Å². The quantitative estimate of drug-likeness (QED) is 0.132. The Morgan fingerprint density at radius 3 is 0.925 bits per heavy atom. The van der Waals surface area contributed by atoms with E-state index in [1.54, 1.807) is 0 Å². The Labute approximate surface area is 243 Å². The zero-order chi connectivity index (χ0) is 29.8. The van der Waals surface area contributed by atoms with Crippen LogP contribution >= 0.6 is 0 Å². The number of amides is 1. The Hall–Kier alpha value is -0.890. The van der Waals surface area contributed by atoms with Gasteiger partial charge in [0.05, 0.1) is 112 Å². The van der Waals surface area contributed by atoms with Gasteiger partial charge >= 0.3 is 0 Å². The molecule has 0 atom stereocenters. The monoisotopic (exact) mass is 581 g/mol. The zero-order valence-corrected chi connectivity index (χ0v) is 26.2. The van der Waals surface area contributed by atoms with Crippen LogP contribution < -0.4 is 5.32 Å². The van der Waals surface area contributed by atoms with E-state index in [9.17, 15) is 4.79 Å². The normalized spacial score (nSPS) is 12.2. The lowest BCUT2D eigenvalue weighted by Gasteiger charge is -2.17. The molecule has 0 spiro atoms. The van der Waals surface area contributed by atoms with Gasteiger partial charge in [-0.3, -0.25) is 4.79 Å². The summed E-state index contributed by atoms with van der Waals surface area (Å²) in [5.41, 5.74) is -0.0772. The minimum absolute atomic E-state index is 0.0191. The van der Waals surface area contributed by atoms with E-state index < -0.39 is 0 Å². The lowest BCUT2D eigenvalue weighted by Crippen LogP contribution is -2.36. The Morgan fingerprint density at radius 2 is 0.675 bits per heavy atom. The van der Waals surface area contributed by atoms with E-state index in [-0.39, 0.29) is 11.3 Å². The Morgan fingerprint density at radius 1 is 0.425 bits per heavy atom. The third-order valence-corrected chi connectivity index (χ3v) is 5.19. The third kappa shape index (κ3) is 31.6. The molecule has 11 nitrogen and oxygen atoms in total. The maximum atomic E-state index is 11.7. The first-order valence-corrected chi connectivity index (χ1v) is 14.6. The molecule has 0 aliphatic carbocycles. The van der Waals surface area contributed by atoms with Crippen molar-refractivity contribution in [2.45, 2.75) is 48.0 Å². The number of nitrogens with one attached hydrogen (secondary N) is 1. The van der Waals surface area contributed by atoms with Crippen LogP contribution in [-0.4, -0.2) is 131 Å². The molecule has 0 saturated carbocycles. The molecule has 0 aromatic heterocycles. The van der Waals surface area contributed by atoms with Crippen LogP contribution in [0.1, 0.15) is 48.0 Å². The number of hydrogen-bond donors (Lipinski definition) is 1. The van der Waals surface area contributed by atoms with Gasteiger partial charge in [-0.1, -0.05) is 41.5 Å². The number of carbonyl (C=O) groups is 1. The van der Waals surface area contributed by atoms with Gasteiger partial charge in [-0.2, -0.15) is 0 Å². The average molecular weight is 582 g/mol. The molecule has 0 aliphatic rings. The van der Waals surface area contributed by atoms with Gasteiger partial charge in [0.1, 0.15) is 0 Å². The van der Waals surface area contributed by atoms with Crippen molar-refractivity contribution >= 4 is 5.91 Å². The molecule has 0 fully saturated rings. The summed E-state index contributed by atoms with van der Waals surface area (Å²) in [4.78, 5) is 11.7. The van der Waals surface area contributed by atoms with Crippen molar-refractivity contribution in [3.63, 3.8) is 0 Å². The van der Waals surface area contributed by atoms with Gasteiger partial charge in [0.2, 0.25) is 5.91 Å². The van der Waals surface area contributed by atoms with Crippen LogP contribution in [0, 0.1) is 10.8 Å². The molecule has 240 valence electrons. The van der Waals surface area contributed by atoms with Crippen LogP contribution in [0.3, 0.4) is 0 Å². The van der Waals surface area contributed by atoms with Crippen molar-refractivity contribution in [2.24, 2.45) is 10.8 Å². The average Bonchev–Trinajstić information content (AvgIpc) is 2.88. The highest BCUT2D eigenvalue weighted by molar-refractivity contribution is 5.81. The smallest absolute Gasteiger partial charge is 0.225 e. The van der Waals surface area contributed by atoms with Crippen molar-refractivity contribution in [1.82, 2.24) is 5.32 Å². The van der Waals surface area contributed by atoms with Crippen LogP contribution in [0.15, 0.2) is 0 Å². The molecule has 0 aromatic rings. The summed E-state index contributed by atoms with van der Waals surface area (Å²) < 4.78 is 49.2. The number of rotatable bonds is 29. The number of ether oxygens (including phenoxy) is 9. The number of carbonyl (C=O) groups excluding carboxylic acids is 1. The Bertz CT molecular complexity index is 552. The van der Waals surface area contributed by atoms with Gasteiger partial charge in [-0.05, 0) is 11.8 Å². The summed E-state index contributed by atoms with van der Waals surface area (Å²) in [6.45, 7) is 22.4. The first-order valence-electron chi connectivity index (χ1n) is 14.6. The molecule has 0 radical (unpaired) electrons. The van der Waals surface area contributed by atoms with Crippen molar-refractivity contribution in [1.29, 1.82) is 0 Å². The largest absolute Gasteiger partial charge is 0.379 e. The van der Waals surface area contributed by atoms with Gasteiger partial charge < -0.3 is 47.9 Å². The summed E-state index contributed by atoms with van der Waals surface area (Å²) in [6, 6.07) is 0. The minimum atomic E-state index is -0.382. The molecule has 0 saturated heterocycles. The second kappa shape index (κ2) is 27.0. The summed E-state index contributed by atoms with van der Waals surface area (Å²) in [5.74, 6) is 0.0191. The third-order valence-electron chi connectivity index (χ3n) is 5.19. The van der Waals surface area contributed by atoms with Crippen molar-refractivity contribution in [2.75, 3.05) is 125 Å². The summed E-state index contributed by atoms with van der Waals surface area (Å²) in [7, 11) is 0. The van der Waals surface area contributed by atoms with Crippen LogP contribution in [0.25, 0.3) is 0 Å². The SMILES string of the molecule is CC(C)(C)CCOCCOCCOCCOCCOCCOCCOCCOCCOCCNC(=O)C(C)(C)C. The standard InChI is InChI=1S/C29H59NO10/c1-28(2,3)7-9-32-11-13-34-15-17-36-19-21-38-23-25-40-26-24-39-22-20-37-18-16-35-14-12-33-10-8-30-27(31)29(4,5)6/h7-26H2,1-6H3,(H,30,31). The highest BCUT2D eigenvalue weighted by Crippen LogP contribution is 2.17. The van der Waals surface area contributed by atoms with Gasteiger partial charge in [0.25, 0.3) is 0 Å². The van der Waals surface area contributed by atoms with E-state index in [1.807, 2.05) is 20.8 Å². The molecule has 0 aliphatic heterocycles. The number of hydrogen-bond acceptors (Lipinski definition) is 10. The Kier molecular flexibility index (Phi) is 26.4. The molecule has 40 heavy (non-hydrogen) atoms. The van der Waals surface area contributed by atoms with E-state index in [0.717, 1.165) is 13.0 Å². The molecular formula is C29H59NO10. The van der Waals surface area contributed by atoms with E-state index in [1.165, 1.54) is 0 Å². The fourth-order valence-electron chi connectivity index (χ4n) is 2.74. The molecule has 1 N–H and O–H groups in total. The van der Waals surface area contributed by atoms with Crippen LogP contribution in [0.4, 0.5) is 0 Å². The zero-order valence-electron chi connectivity index (χ0n) is 26.2. The highest BCUT2D eigenvalue weighted by Gasteiger charge is 2.20. The van der Waals surface area contributed by atoms with Gasteiger partial charge in [0.15, 0.2) is 0 Å². The molecular weight excluding hydrogens is 522 g/mol. The summed E-state index contributed by atoms with van der Waals surface area (Å²) in [5, 5.41) is 2.84. The molecule has 0 unspecified atom stereocenters. The van der Waals surface area contributed by atoms with Crippen LogP contribution in [0.2, 0.25) is 0 Å². The maximum Gasteiger partial charge on any atom is 0.225 e. The Balaban J connectivity index is 3.11. The van der Waals surface area contributed by atoms with Crippen LogP contribution in [0.5, 0.6) is 0 Å². The second-order valence-corrected chi connectivity index (χ2v) is 11.3. The molecule has 0 rings (SSSR count). The summed E-state index contributed by atoms with van der Waals surface area (Å²) >= 11 is 0. The van der Waals surface area contributed by atoms with Gasteiger partial charge in [-0.25, -0.2) is 0 Å². The fraction of sp³-hybridized carbons (Fsp3) is 0.966. The fourth-order valence-corrected chi connectivity index (χ4v) is 2.74. The summed E-state index contributed by atoms with van der Waals surface area (Å²) in [6.07, 6.45) is 1.05. The molecule has 0 bridgehead atoms. The minimum Gasteiger partial charge on any atom is -0.379 e. The molecule has 1 amide bonds. The van der Waals surface area contributed by atoms with Crippen molar-refractivity contribution < 1.29 is 47.4 Å². The second-order valence-electron chi connectivity index (χ2n) is 11.3. The van der Waals surface area contributed by atoms with E-state index in [2.05, 4.69) is 26.1 Å². The topological polar surface area (TPSA) is 112 Å². The highest BCUT2D eigenvalue weighted by atomic mass is 16.6. The molecule has 0 aromatic carbocycles. The predicted molar refractivity (Wildman–Crippen MR) is 154 cm³/mol. The first kappa shape index (κ1) is 39.1. The van der Waals surface area contributed by atoms with Gasteiger partial charge in [0, 0.05) is 18.6 Å². The lowest BCUT2D eigenvalue weighted by molar-refractivity contribution is -0.128. The van der Waals surface area contributed by atoms with Crippen LogP contribution in [-0.2, 0) is 47.4 Å². The van der Waals surface area contributed by atoms with E-state index in [4.69, 9.17) is 42.6 Å². The lowest BCUT2D eigenvalue weighted by atomic mass is 9.93. The first-order chi connectivity index (χ1) is 19.1. The van der Waals surface area contributed by atoms with Crippen molar-refractivity contribution in [3.05, 3.63) is 0 Å². The van der Waals surface area contributed by atoms with Gasteiger partial charge in [-0.15, -0.1) is 0 Å². The van der Waals surface area contributed by atoms with E-state index in [0.29, 0.717) is 124 Å².